The van der Waals surface area contributed by atoms with Gasteiger partial charge in [-0.3, -0.25) is 10.1 Å². The molecule has 0 aliphatic carbocycles. The summed E-state index contributed by atoms with van der Waals surface area (Å²) < 4.78 is 0.775. The summed E-state index contributed by atoms with van der Waals surface area (Å²) in [6, 6.07) is 13.8. The number of nitrogens with zero attached hydrogens (tertiary/aromatic N) is 1. The van der Waals surface area contributed by atoms with E-state index in [4.69, 9.17) is 4.98 Å². The van der Waals surface area contributed by atoms with Crippen LogP contribution in [0.15, 0.2) is 46.9 Å². The molecule has 0 saturated carbocycles. The van der Waals surface area contributed by atoms with E-state index in [2.05, 4.69) is 60.2 Å². The van der Waals surface area contributed by atoms with Gasteiger partial charge in [-0.05, 0) is 65.5 Å². The number of hydrogen-bond donors (Lipinski definition) is 1. The number of nitrogens with one attached hydrogen (secondary N) is 1. The van der Waals surface area contributed by atoms with Crippen molar-refractivity contribution in [2.24, 2.45) is 0 Å². The summed E-state index contributed by atoms with van der Waals surface area (Å²) >= 11 is 4.99. The quantitative estimate of drug-likeness (QED) is 0.510. The highest BCUT2D eigenvalue weighted by Gasteiger charge is 2.16. The number of carbonyl (C=O) groups excluding carboxylic acids is 1. The molecular formula is C21H21BrN2OS. The van der Waals surface area contributed by atoms with E-state index in [0.29, 0.717) is 10.7 Å². The summed E-state index contributed by atoms with van der Waals surface area (Å²) in [7, 11) is 0. The molecule has 0 saturated heterocycles. The van der Waals surface area contributed by atoms with Gasteiger partial charge in [0.25, 0.3) is 5.91 Å². The first kappa shape index (κ1) is 18.8. The molecule has 3 nitrogen and oxygen atoms in total. The Hall–Kier alpha value is -1.98. The number of anilines is 1. The van der Waals surface area contributed by atoms with Crippen LogP contribution in [0.3, 0.4) is 0 Å². The first-order valence-electron chi connectivity index (χ1n) is 8.62. The highest BCUT2D eigenvalue weighted by Crippen LogP contribution is 2.33. The molecule has 0 radical (unpaired) electrons. The Morgan fingerprint density at radius 2 is 1.92 bits per heavy atom. The average Bonchev–Trinajstić information content (AvgIpc) is 3.00. The summed E-state index contributed by atoms with van der Waals surface area (Å²) in [4.78, 5) is 18.5. The van der Waals surface area contributed by atoms with Gasteiger partial charge < -0.3 is 0 Å². The van der Waals surface area contributed by atoms with Crippen molar-refractivity contribution in [1.29, 1.82) is 0 Å². The first-order valence-corrected chi connectivity index (χ1v) is 10.2. The van der Waals surface area contributed by atoms with E-state index in [1.165, 1.54) is 16.0 Å². The van der Waals surface area contributed by atoms with Crippen molar-refractivity contribution in [2.75, 3.05) is 5.32 Å². The Kier molecular flexibility index (Phi) is 5.89. The Labute approximate surface area is 166 Å². The molecule has 0 atom stereocenters. The van der Waals surface area contributed by atoms with E-state index in [1.807, 2.05) is 18.2 Å². The molecule has 1 aromatic heterocycles. The number of rotatable bonds is 5. The highest BCUT2D eigenvalue weighted by atomic mass is 79.9. The van der Waals surface area contributed by atoms with Crippen LogP contribution < -0.4 is 5.32 Å². The minimum absolute atomic E-state index is 0.152. The van der Waals surface area contributed by atoms with Crippen LogP contribution >= 0.6 is 27.3 Å². The van der Waals surface area contributed by atoms with Gasteiger partial charge in [0.15, 0.2) is 5.13 Å². The van der Waals surface area contributed by atoms with Gasteiger partial charge in [-0.15, -0.1) is 11.3 Å². The molecule has 0 aliphatic heterocycles. The molecule has 5 heteroatoms. The zero-order valence-electron chi connectivity index (χ0n) is 15.1. The number of benzene rings is 2. The molecule has 0 unspecified atom stereocenters. The molecular weight excluding hydrogens is 408 g/mol. The second-order valence-electron chi connectivity index (χ2n) is 6.27. The van der Waals surface area contributed by atoms with E-state index in [9.17, 15) is 4.79 Å². The lowest BCUT2D eigenvalue weighted by molar-refractivity contribution is 0.102. The summed E-state index contributed by atoms with van der Waals surface area (Å²) in [6.45, 7) is 6.38. The average molecular weight is 429 g/mol. The molecule has 134 valence electrons. The van der Waals surface area contributed by atoms with Gasteiger partial charge in [0.1, 0.15) is 0 Å². The van der Waals surface area contributed by atoms with Crippen molar-refractivity contribution >= 4 is 38.3 Å². The van der Waals surface area contributed by atoms with Crippen LogP contribution in [0, 0.1) is 13.8 Å². The number of aryl methyl sites for hydroxylation is 3. The Bertz CT molecular complexity index is 949. The fourth-order valence-corrected chi connectivity index (χ4v) is 4.27. The van der Waals surface area contributed by atoms with Crippen LogP contribution in [0.25, 0.3) is 11.3 Å². The maximum atomic E-state index is 12.6. The first-order chi connectivity index (χ1) is 12.5. The molecule has 0 bridgehead atoms. The van der Waals surface area contributed by atoms with E-state index in [0.717, 1.165) is 28.6 Å². The van der Waals surface area contributed by atoms with Crippen molar-refractivity contribution in [2.45, 2.75) is 33.6 Å². The SMILES string of the molecule is CCCc1sc(NC(=O)c2ccccc2Br)nc1-c1ccc(C)c(C)c1. The molecule has 0 aliphatic rings. The number of hydrogen-bond acceptors (Lipinski definition) is 3. The van der Waals surface area contributed by atoms with Crippen LogP contribution in [-0.4, -0.2) is 10.9 Å². The van der Waals surface area contributed by atoms with Gasteiger partial charge in [-0.1, -0.05) is 37.6 Å². The molecule has 1 N–H and O–H groups in total. The third kappa shape index (κ3) is 4.05. The summed E-state index contributed by atoms with van der Waals surface area (Å²) in [5.74, 6) is -0.152. The fourth-order valence-electron chi connectivity index (χ4n) is 2.73. The van der Waals surface area contributed by atoms with Gasteiger partial charge >= 0.3 is 0 Å². The lowest BCUT2D eigenvalue weighted by Gasteiger charge is -2.05. The molecule has 3 rings (SSSR count). The highest BCUT2D eigenvalue weighted by molar-refractivity contribution is 9.10. The molecule has 1 heterocycles. The lowest BCUT2D eigenvalue weighted by Crippen LogP contribution is -2.12. The lowest BCUT2D eigenvalue weighted by atomic mass is 10.0. The molecule has 2 aromatic carbocycles. The molecule has 1 amide bonds. The summed E-state index contributed by atoms with van der Waals surface area (Å²) in [5.41, 5.74) is 5.20. The van der Waals surface area contributed by atoms with Gasteiger partial charge in [0.2, 0.25) is 0 Å². The van der Waals surface area contributed by atoms with Gasteiger partial charge in [0, 0.05) is 14.9 Å². The Morgan fingerprint density at radius 1 is 1.15 bits per heavy atom. The molecule has 0 fully saturated rings. The number of halogens is 1. The Morgan fingerprint density at radius 3 is 2.62 bits per heavy atom. The van der Waals surface area contributed by atoms with E-state index < -0.39 is 0 Å². The van der Waals surface area contributed by atoms with Crippen LogP contribution in [0.1, 0.15) is 39.7 Å². The minimum Gasteiger partial charge on any atom is -0.298 e. The van der Waals surface area contributed by atoms with E-state index in [1.54, 1.807) is 17.4 Å². The number of carbonyl (C=O) groups is 1. The standard InChI is InChI=1S/C21H21BrN2OS/c1-4-7-18-19(15-11-10-13(2)14(3)12-15)23-21(26-18)24-20(25)16-8-5-6-9-17(16)22/h5-6,8-12H,4,7H2,1-3H3,(H,23,24,25). The van der Waals surface area contributed by atoms with E-state index >= 15 is 0 Å². The number of aromatic nitrogens is 1. The summed E-state index contributed by atoms with van der Waals surface area (Å²) in [6.07, 6.45) is 1.99. The maximum absolute atomic E-state index is 12.6. The molecule has 26 heavy (non-hydrogen) atoms. The van der Waals surface area contributed by atoms with Crippen molar-refractivity contribution in [3.8, 4) is 11.3 Å². The van der Waals surface area contributed by atoms with Crippen molar-refractivity contribution in [1.82, 2.24) is 4.98 Å². The second-order valence-corrected chi connectivity index (χ2v) is 8.21. The van der Waals surface area contributed by atoms with E-state index in [-0.39, 0.29) is 5.91 Å². The predicted molar refractivity (Wildman–Crippen MR) is 113 cm³/mol. The molecule has 0 spiro atoms. The van der Waals surface area contributed by atoms with Crippen LogP contribution in [0.5, 0.6) is 0 Å². The summed E-state index contributed by atoms with van der Waals surface area (Å²) in [5, 5.41) is 3.59. The van der Waals surface area contributed by atoms with Crippen molar-refractivity contribution in [3.05, 3.63) is 68.5 Å². The van der Waals surface area contributed by atoms with Crippen molar-refractivity contribution < 1.29 is 4.79 Å². The van der Waals surface area contributed by atoms with Crippen LogP contribution in [0.4, 0.5) is 5.13 Å². The third-order valence-corrected chi connectivity index (χ3v) is 6.02. The number of thiazole rings is 1. The van der Waals surface area contributed by atoms with Gasteiger partial charge in [-0.25, -0.2) is 4.98 Å². The monoisotopic (exact) mass is 428 g/mol. The maximum Gasteiger partial charge on any atom is 0.258 e. The predicted octanol–water partition coefficient (Wildman–Crippen LogP) is 6.39. The number of amides is 1. The second kappa shape index (κ2) is 8.14. The zero-order valence-corrected chi connectivity index (χ0v) is 17.5. The van der Waals surface area contributed by atoms with Crippen LogP contribution in [-0.2, 0) is 6.42 Å². The topological polar surface area (TPSA) is 42.0 Å². The van der Waals surface area contributed by atoms with Crippen molar-refractivity contribution in [3.63, 3.8) is 0 Å². The Balaban J connectivity index is 1.93. The largest absolute Gasteiger partial charge is 0.298 e. The molecule has 3 aromatic rings. The smallest absolute Gasteiger partial charge is 0.258 e. The zero-order chi connectivity index (χ0) is 18.7. The fraction of sp³-hybridized carbons (Fsp3) is 0.238. The van der Waals surface area contributed by atoms with Gasteiger partial charge in [-0.2, -0.15) is 0 Å². The van der Waals surface area contributed by atoms with Crippen LogP contribution in [0.2, 0.25) is 0 Å². The minimum atomic E-state index is -0.152. The normalized spacial score (nSPS) is 10.8. The van der Waals surface area contributed by atoms with Gasteiger partial charge in [0.05, 0.1) is 11.3 Å². The third-order valence-electron chi connectivity index (χ3n) is 4.29.